The Balaban J connectivity index is 1.75. The lowest BCUT2D eigenvalue weighted by Gasteiger charge is -2.20. The Morgan fingerprint density at radius 2 is 1.77 bits per heavy atom. The molecular formula is C18H19NO3. The minimum atomic E-state index is -0.858. The summed E-state index contributed by atoms with van der Waals surface area (Å²) in [5, 5.41) is 14.1. The van der Waals surface area contributed by atoms with Gasteiger partial charge in [0.15, 0.2) is 0 Å². The third-order valence-electron chi connectivity index (χ3n) is 4.23. The van der Waals surface area contributed by atoms with Crippen molar-refractivity contribution in [1.82, 2.24) is 5.32 Å². The highest BCUT2D eigenvalue weighted by Gasteiger charge is 2.46. The molecule has 22 heavy (non-hydrogen) atoms. The van der Waals surface area contributed by atoms with Gasteiger partial charge in [-0.15, -0.1) is 0 Å². The van der Waals surface area contributed by atoms with Gasteiger partial charge in [0, 0.05) is 12.8 Å². The van der Waals surface area contributed by atoms with Gasteiger partial charge < -0.3 is 10.4 Å². The summed E-state index contributed by atoms with van der Waals surface area (Å²) >= 11 is 0. The third-order valence-corrected chi connectivity index (χ3v) is 4.23. The molecule has 1 aliphatic carbocycles. The second-order valence-electron chi connectivity index (χ2n) is 5.90. The Morgan fingerprint density at radius 3 is 2.50 bits per heavy atom. The molecule has 4 nitrogen and oxygen atoms in total. The summed E-state index contributed by atoms with van der Waals surface area (Å²) in [7, 11) is 0. The van der Waals surface area contributed by atoms with Gasteiger partial charge in [0.2, 0.25) is 5.91 Å². The number of hydrogen-bond acceptors (Lipinski definition) is 2. The van der Waals surface area contributed by atoms with E-state index in [1.165, 1.54) is 10.8 Å². The van der Waals surface area contributed by atoms with Gasteiger partial charge >= 0.3 is 5.97 Å². The van der Waals surface area contributed by atoms with E-state index < -0.39 is 5.97 Å². The number of nitrogens with one attached hydrogen (secondary N) is 1. The molecule has 0 saturated heterocycles. The van der Waals surface area contributed by atoms with E-state index in [0.717, 1.165) is 18.4 Å². The van der Waals surface area contributed by atoms with Crippen molar-refractivity contribution in [3.05, 3.63) is 48.0 Å². The third kappa shape index (κ3) is 2.96. The first kappa shape index (κ1) is 14.6. The van der Waals surface area contributed by atoms with E-state index in [2.05, 4.69) is 29.6 Å². The van der Waals surface area contributed by atoms with Gasteiger partial charge in [-0.25, -0.2) is 0 Å². The maximum absolute atomic E-state index is 12.1. The summed E-state index contributed by atoms with van der Waals surface area (Å²) in [5.41, 5.74) is 0.901. The SMILES string of the molecule is O=C(O)CCCC(=O)NC1(c2cccc3ccccc23)CC1. The van der Waals surface area contributed by atoms with E-state index >= 15 is 0 Å². The summed E-state index contributed by atoms with van der Waals surface area (Å²) in [4.78, 5) is 22.6. The van der Waals surface area contributed by atoms with Crippen LogP contribution in [0, 0.1) is 0 Å². The first-order chi connectivity index (χ1) is 10.6. The predicted molar refractivity (Wildman–Crippen MR) is 84.5 cm³/mol. The zero-order valence-corrected chi connectivity index (χ0v) is 12.3. The van der Waals surface area contributed by atoms with Crippen molar-refractivity contribution in [2.24, 2.45) is 0 Å². The summed E-state index contributed by atoms with van der Waals surface area (Å²) in [6, 6.07) is 14.3. The number of aliphatic carboxylic acids is 1. The highest BCUT2D eigenvalue weighted by molar-refractivity contribution is 5.88. The smallest absolute Gasteiger partial charge is 0.303 e. The van der Waals surface area contributed by atoms with E-state index in [1.54, 1.807) is 0 Å². The van der Waals surface area contributed by atoms with Crippen molar-refractivity contribution in [1.29, 1.82) is 0 Å². The van der Waals surface area contributed by atoms with Crippen molar-refractivity contribution < 1.29 is 14.7 Å². The number of fused-ring (bicyclic) bond motifs is 1. The summed E-state index contributed by atoms with van der Waals surface area (Å²) in [6.45, 7) is 0. The normalized spacial score (nSPS) is 15.5. The highest BCUT2D eigenvalue weighted by Crippen LogP contribution is 2.47. The predicted octanol–water partition coefficient (Wildman–Crippen LogP) is 3.20. The number of hydrogen-bond donors (Lipinski definition) is 2. The van der Waals surface area contributed by atoms with Crippen LogP contribution in [0.2, 0.25) is 0 Å². The molecule has 0 aliphatic heterocycles. The first-order valence-electron chi connectivity index (χ1n) is 7.62. The minimum Gasteiger partial charge on any atom is -0.481 e. The quantitative estimate of drug-likeness (QED) is 0.860. The van der Waals surface area contributed by atoms with Crippen LogP contribution in [0.5, 0.6) is 0 Å². The fourth-order valence-corrected chi connectivity index (χ4v) is 2.96. The van der Waals surface area contributed by atoms with Crippen molar-refractivity contribution >= 4 is 22.6 Å². The first-order valence-corrected chi connectivity index (χ1v) is 7.62. The van der Waals surface area contributed by atoms with Crippen LogP contribution in [0.25, 0.3) is 10.8 Å². The molecule has 1 amide bonds. The van der Waals surface area contributed by atoms with E-state index in [9.17, 15) is 9.59 Å². The van der Waals surface area contributed by atoms with E-state index in [1.807, 2.05) is 18.2 Å². The number of carboxylic acid groups (broad SMARTS) is 1. The summed E-state index contributed by atoms with van der Waals surface area (Å²) < 4.78 is 0. The Labute approximate surface area is 129 Å². The molecule has 0 unspecified atom stereocenters. The second-order valence-corrected chi connectivity index (χ2v) is 5.90. The molecule has 0 radical (unpaired) electrons. The molecule has 3 rings (SSSR count). The Morgan fingerprint density at radius 1 is 1.05 bits per heavy atom. The fourth-order valence-electron chi connectivity index (χ4n) is 2.96. The molecule has 0 heterocycles. The van der Waals surface area contributed by atoms with Crippen molar-refractivity contribution in [2.75, 3.05) is 0 Å². The van der Waals surface area contributed by atoms with Crippen LogP contribution >= 0.6 is 0 Å². The number of rotatable bonds is 6. The molecule has 0 spiro atoms. The standard InChI is InChI=1S/C18H19NO3/c20-16(9-4-10-17(21)22)19-18(11-12-18)15-8-3-6-13-5-1-2-7-14(13)15/h1-3,5-8H,4,9-12H2,(H,19,20)(H,21,22). The molecule has 2 aromatic rings. The average Bonchev–Trinajstić information content (AvgIpc) is 3.27. The number of amides is 1. The number of carbonyl (C=O) groups excluding carboxylic acids is 1. The van der Waals surface area contributed by atoms with Crippen LogP contribution in [-0.4, -0.2) is 17.0 Å². The molecule has 0 atom stereocenters. The van der Waals surface area contributed by atoms with E-state index in [4.69, 9.17) is 5.11 Å². The highest BCUT2D eigenvalue weighted by atomic mass is 16.4. The van der Waals surface area contributed by atoms with Crippen LogP contribution in [0.15, 0.2) is 42.5 Å². The molecule has 2 aromatic carbocycles. The maximum Gasteiger partial charge on any atom is 0.303 e. The lowest BCUT2D eigenvalue weighted by molar-refractivity contribution is -0.137. The van der Waals surface area contributed by atoms with Gasteiger partial charge in [-0.05, 0) is 35.6 Å². The Bertz CT molecular complexity index is 714. The molecular weight excluding hydrogens is 278 g/mol. The number of carboxylic acids is 1. The van der Waals surface area contributed by atoms with E-state index in [-0.39, 0.29) is 24.3 Å². The van der Waals surface area contributed by atoms with Crippen molar-refractivity contribution in [3.63, 3.8) is 0 Å². The minimum absolute atomic E-state index is 0.0364. The van der Waals surface area contributed by atoms with Crippen molar-refractivity contribution in [2.45, 2.75) is 37.6 Å². The Kier molecular flexibility index (Phi) is 3.84. The average molecular weight is 297 g/mol. The van der Waals surface area contributed by atoms with Crippen LogP contribution in [-0.2, 0) is 15.1 Å². The Hall–Kier alpha value is -2.36. The van der Waals surface area contributed by atoms with Gasteiger partial charge in [-0.3, -0.25) is 9.59 Å². The topological polar surface area (TPSA) is 66.4 Å². The van der Waals surface area contributed by atoms with Gasteiger partial charge in [-0.2, -0.15) is 0 Å². The molecule has 0 aromatic heterocycles. The molecule has 1 aliphatic rings. The largest absolute Gasteiger partial charge is 0.481 e. The number of carbonyl (C=O) groups is 2. The van der Waals surface area contributed by atoms with Crippen LogP contribution in [0.3, 0.4) is 0 Å². The summed E-state index contributed by atoms with van der Waals surface area (Å²) in [6.07, 6.45) is 2.55. The fraction of sp³-hybridized carbons (Fsp3) is 0.333. The zero-order chi connectivity index (χ0) is 15.6. The van der Waals surface area contributed by atoms with Crippen LogP contribution < -0.4 is 5.32 Å². The summed E-state index contributed by atoms with van der Waals surface area (Å²) in [5.74, 6) is -0.922. The molecule has 1 saturated carbocycles. The van der Waals surface area contributed by atoms with Gasteiger partial charge in [0.1, 0.15) is 0 Å². The van der Waals surface area contributed by atoms with Gasteiger partial charge in [-0.1, -0.05) is 42.5 Å². The molecule has 2 N–H and O–H groups in total. The molecule has 4 heteroatoms. The lowest BCUT2D eigenvalue weighted by atomic mass is 9.96. The van der Waals surface area contributed by atoms with Gasteiger partial charge in [0.05, 0.1) is 5.54 Å². The van der Waals surface area contributed by atoms with Crippen LogP contribution in [0.4, 0.5) is 0 Å². The second kappa shape index (κ2) is 5.79. The monoisotopic (exact) mass is 297 g/mol. The van der Waals surface area contributed by atoms with E-state index in [0.29, 0.717) is 6.42 Å². The van der Waals surface area contributed by atoms with Gasteiger partial charge in [0.25, 0.3) is 0 Å². The van der Waals surface area contributed by atoms with Crippen molar-refractivity contribution in [3.8, 4) is 0 Å². The lowest BCUT2D eigenvalue weighted by Crippen LogP contribution is -2.34. The molecule has 0 bridgehead atoms. The molecule has 1 fully saturated rings. The molecule has 114 valence electrons. The zero-order valence-electron chi connectivity index (χ0n) is 12.3. The number of benzene rings is 2. The van der Waals surface area contributed by atoms with Crippen LogP contribution in [0.1, 0.15) is 37.7 Å². The maximum atomic E-state index is 12.1.